The van der Waals surface area contributed by atoms with E-state index in [1.54, 1.807) is 0 Å². The summed E-state index contributed by atoms with van der Waals surface area (Å²) >= 11 is 0. The lowest BCUT2D eigenvalue weighted by atomic mass is 10.1. The highest BCUT2D eigenvalue weighted by atomic mass is 15.3. The Morgan fingerprint density at radius 2 is 1.24 bits per heavy atom. The molecular formula is C15H20N2+2. The summed E-state index contributed by atoms with van der Waals surface area (Å²) in [4.78, 5) is 0. The average Bonchev–Trinajstić information content (AvgIpc) is 2.29. The molecule has 1 aromatic heterocycles. The predicted octanol–water partition coefficient (Wildman–Crippen LogP) is 2.37. The maximum absolute atomic E-state index is 2.20. The van der Waals surface area contributed by atoms with Gasteiger partial charge < -0.3 is 0 Å². The van der Waals surface area contributed by atoms with Gasteiger partial charge in [0, 0.05) is 12.1 Å². The lowest BCUT2D eigenvalue weighted by Crippen LogP contribution is -2.34. The van der Waals surface area contributed by atoms with Crippen LogP contribution in [0.4, 0.5) is 5.69 Å². The molecule has 1 heterocycles. The molecule has 0 unspecified atom stereocenters. The Balaban J connectivity index is 2.33. The SMILES string of the molecule is C[n+]1ccc(-c2ccc([N+](C)(C)C)cc2)cc1. The van der Waals surface area contributed by atoms with Crippen LogP contribution in [0.25, 0.3) is 11.1 Å². The van der Waals surface area contributed by atoms with Crippen LogP contribution in [-0.4, -0.2) is 21.1 Å². The van der Waals surface area contributed by atoms with Crippen LogP contribution in [0.2, 0.25) is 0 Å². The molecule has 0 radical (unpaired) electrons. The van der Waals surface area contributed by atoms with Crippen molar-refractivity contribution in [3.63, 3.8) is 0 Å². The van der Waals surface area contributed by atoms with E-state index in [1.165, 1.54) is 16.8 Å². The summed E-state index contributed by atoms with van der Waals surface area (Å²) in [6, 6.07) is 13.1. The molecule has 88 valence electrons. The molecule has 0 aliphatic rings. The monoisotopic (exact) mass is 228 g/mol. The largest absolute Gasteiger partial charge is 0.298 e. The highest BCUT2D eigenvalue weighted by molar-refractivity contribution is 5.64. The maximum Gasteiger partial charge on any atom is 0.169 e. The van der Waals surface area contributed by atoms with E-state index in [9.17, 15) is 0 Å². The molecule has 0 saturated carbocycles. The first kappa shape index (κ1) is 11.8. The minimum absolute atomic E-state index is 0.851. The van der Waals surface area contributed by atoms with Crippen LogP contribution in [0, 0.1) is 0 Å². The lowest BCUT2D eigenvalue weighted by Gasteiger charge is -2.23. The number of aryl methyl sites for hydroxylation is 1. The predicted molar refractivity (Wildman–Crippen MR) is 72.6 cm³/mol. The zero-order chi connectivity index (χ0) is 12.5. The van der Waals surface area contributed by atoms with Gasteiger partial charge >= 0.3 is 0 Å². The van der Waals surface area contributed by atoms with Crippen molar-refractivity contribution in [2.45, 2.75) is 0 Å². The van der Waals surface area contributed by atoms with Crippen molar-refractivity contribution in [1.29, 1.82) is 0 Å². The third kappa shape index (κ3) is 2.71. The van der Waals surface area contributed by atoms with Crippen LogP contribution >= 0.6 is 0 Å². The molecule has 1 aromatic carbocycles. The quantitative estimate of drug-likeness (QED) is 0.549. The average molecular weight is 228 g/mol. The molecule has 0 bridgehead atoms. The molecule has 2 rings (SSSR count). The lowest BCUT2D eigenvalue weighted by molar-refractivity contribution is -0.671. The maximum atomic E-state index is 2.20. The first-order chi connectivity index (χ1) is 7.97. The number of hydrogen-bond donors (Lipinski definition) is 0. The van der Waals surface area contributed by atoms with Crippen LogP contribution in [-0.2, 0) is 7.05 Å². The summed E-state index contributed by atoms with van der Waals surface area (Å²) in [5.74, 6) is 0. The van der Waals surface area contributed by atoms with Gasteiger partial charge in [0.2, 0.25) is 0 Å². The fourth-order valence-corrected chi connectivity index (χ4v) is 1.79. The summed E-state index contributed by atoms with van der Waals surface area (Å²) < 4.78 is 2.90. The van der Waals surface area contributed by atoms with Crippen LogP contribution < -0.4 is 9.05 Å². The van der Waals surface area contributed by atoms with E-state index in [-0.39, 0.29) is 0 Å². The van der Waals surface area contributed by atoms with E-state index in [0.29, 0.717) is 0 Å². The van der Waals surface area contributed by atoms with E-state index in [0.717, 1.165) is 4.48 Å². The molecule has 0 fully saturated rings. The van der Waals surface area contributed by atoms with E-state index >= 15 is 0 Å². The second-order valence-corrected chi connectivity index (χ2v) is 5.31. The van der Waals surface area contributed by atoms with Gasteiger partial charge in [0.25, 0.3) is 0 Å². The zero-order valence-electron chi connectivity index (χ0n) is 11.0. The number of pyridine rings is 1. The fraction of sp³-hybridized carbons (Fsp3) is 0.267. The highest BCUT2D eigenvalue weighted by Gasteiger charge is 2.11. The third-order valence-electron chi connectivity index (χ3n) is 2.95. The Kier molecular flexibility index (Phi) is 2.99. The van der Waals surface area contributed by atoms with Gasteiger partial charge in [-0.3, -0.25) is 4.48 Å². The summed E-state index contributed by atoms with van der Waals surface area (Å²) in [7, 11) is 8.57. The number of benzene rings is 1. The van der Waals surface area contributed by atoms with Crippen LogP contribution in [0.3, 0.4) is 0 Å². The molecule has 0 atom stereocenters. The molecule has 2 heteroatoms. The van der Waals surface area contributed by atoms with E-state index in [1.807, 2.05) is 11.6 Å². The Labute approximate surface area is 103 Å². The molecule has 0 amide bonds. The van der Waals surface area contributed by atoms with Gasteiger partial charge in [-0.25, -0.2) is 4.57 Å². The van der Waals surface area contributed by atoms with Crippen molar-refractivity contribution in [2.75, 3.05) is 21.1 Å². The van der Waals surface area contributed by atoms with Gasteiger partial charge in [-0.15, -0.1) is 0 Å². The Bertz CT molecular complexity index is 490. The van der Waals surface area contributed by atoms with E-state index in [4.69, 9.17) is 0 Å². The highest BCUT2D eigenvalue weighted by Crippen LogP contribution is 2.23. The number of nitrogens with zero attached hydrogens (tertiary/aromatic N) is 2. The normalized spacial score (nSPS) is 11.5. The third-order valence-corrected chi connectivity index (χ3v) is 2.95. The van der Waals surface area contributed by atoms with Crippen molar-refractivity contribution >= 4 is 5.69 Å². The summed E-state index contributed by atoms with van der Waals surface area (Å²) in [6.07, 6.45) is 4.14. The van der Waals surface area contributed by atoms with Gasteiger partial charge in [0.1, 0.15) is 12.7 Å². The first-order valence-electron chi connectivity index (χ1n) is 5.84. The van der Waals surface area contributed by atoms with Crippen LogP contribution in [0.15, 0.2) is 48.8 Å². The Morgan fingerprint density at radius 3 is 1.71 bits per heavy atom. The number of quaternary nitrogens is 1. The van der Waals surface area contributed by atoms with Gasteiger partial charge in [0.15, 0.2) is 12.4 Å². The molecule has 17 heavy (non-hydrogen) atoms. The summed E-state index contributed by atoms with van der Waals surface area (Å²) in [5.41, 5.74) is 3.84. The Hall–Kier alpha value is -1.67. The van der Waals surface area contributed by atoms with Crippen LogP contribution in [0.5, 0.6) is 0 Å². The van der Waals surface area contributed by atoms with E-state index in [2.05, 4.69) is 69.9 Å². The van der Waals surface area contributed by atoms with Gasteiger partial charge in [-0.1, -0.05) is 0 Å². The van der Waals surface area contributed by atoms with Crippen molar-refractivity contribution in [3.8, 4) is 11.1 Å². The van der Waals surface area contributed by atoms with Crippen molar-refractivity contribution < 1.29 is 4.57 Å². The number of rotatable bonds is 2. The topological polar surface area (TPSA) is 3.88 Å². The van der Waals surface area contributed by atoms with Crippen molar-refractivity contribution in [2.24, 2.45) is 7.05 Å². The molecule has 0 spiro atoms. The standard InChI is InChI=1S/C15H20N2/c1-16-11-9-14(10-12-16)13-5-7-15(8-6-13)17(2,3)4/h5-12H,1-4H3/q+2. The smallest absolute Gasteiger partial charge is 0.169 e. The van der Waals surface area contributed by atoms with Crippen molar-refractivity contribution in [1.82, 2.24) is 4.48 Å². The van der Waals surface area contributed by atoms with Gasteiger partial charge in [-0.2, -0.15) is 0 Å². The van der Waals surface area contributed by atoms with Gasteiger partial charge in [-0.05, 0) is 35.4 Å². The van der Waals surface area contributed by atoms with Crippen LogP contribution in [0.1, 0.15) is 0 Å². The molecule has 2 aromatic rings. The molecule has 0 aliphatic heterocycles. The van der Waals surface area contributed by atoms with Crippen molar-refractivity contribution in [3.05, 3.63) is 48.8 Å². The molecule has 2 nitrogen and oxygen atoms in total. The molecule has 0 saturated heterocycles. The second-order valence-electron chi connectivity index (χ2n) is 5.31. The van der Waals surface area contributed by atoms with Gasteiger partial charge in [0.05, 0.1) is 21.1 Å². The summed E-state index contributed by atoms with van der Waals surface area (Å²) in [5, 5.41) is 0. The number of aromatic nitrogens is 1. The summed E-state index contributed by atoms with van der Waals surface area (Å²) in [6.45, 7) is 0. The second kappa shape index (κ2) is 4.30. The Morgan fingerprint density at radius 1 is 0.765 bits per heavy atom. The fourth-order valence-electron chi connectivity index (χ4n) is 1.79. The molecule has 0 N–H and O–H groups in total. The van der Waals surface area contributed by atoms with E-state index < -0.39 is 0 Å². The zero-order valence-corrected chi connectivity index (χ0v) is 11.0. The number of hydrogen-bond acceptors (Lipinski definition) is 0. The molecule has 0 aliphatic carbocycles. The first-order valence-corrected chi connectivity index (χ1v) is 5.84. The minimum Gasteiger partial charge on any atom is -0.298 e. The minimum atomic E-state index is 0.851. The molecular weight excluding hydrogens is 208 g/mol.